The molecule has 0 aliphatic rings. The van der Waals surface area contributed by atoms with Crippen molar-refractivity contribution in [3.05, 3.63) is 29.8 Å². The molecule has 112 valence electrons. The van der Waals surface area contributed by atoms with Crippen molar-refractivity contribution < 1.29 is 9.47 Å². The first-order chi connectivity index (χ1) is 9.76. The molecule has 0 bridgehead atoms. The fourth-order valence-corrected chi connectivity index (χ4v) is 1.60. The van der Waals surface area contributed by atoms with Crippen molar-refractivity contribution in [3.8, 4) is 5.75 Å². The van der Waals surface area contributed by atoms with Crippen molar-refractivity contribution >= 4 is 5.96 Å². The van der Waals surface area contributed by atoms with E-state index in [1.54, 1.807) is 7.11 Å². The summed E-state index contributed by atoms with van der Waals surface area (Å²) in [6.07, 6.45) is 2.24. The molecule has 0 spiro atoms. The first kappa shape index (κ1) is 16.3. The van der Waals surface area contributed by atoms with Crippen LogP contribution in [0.15, 0.2) is 29.3 Å². The number of ether oxygens (including phenoxy) is 2. The van der Waals surface area contributed by atoms with Crippen LogP contribution in [0.1, 0.15) is 25.3 Å². The molecule has 1 aromatic carbocycles. The smallest absolute Gasteiger partial charge is 0.188 e. The van der Waals surface area contributed by atoms with Gasteiger partial charge in [-0.25, -0.2) is 4.99 Å². The van der Waals surface area contributed by atoms with E-state index in [1.807, 2.05) is 24.3 Å². The van der Waals surface area contributed by atoms with Crippen LogP contribution in [0.4, 0.5) is 0 Å². The van der Waals surface area contributed by atoms with Gasteiger partial charge in [-0.3, -0.25) is 0 Å². The van der Waals surface area contributed by atoms with E-state index in [4.69, 9.17) is 15.2 Å². The fourth-order valence-electron chi connectivity index (χ4n) is 1.60. The number of benzene rings is 1. The highest BCUT2D eigenvalue weighted by Gasteiger charge is 1.97. The minimum absolute atomic E-state index is 0.490. The van der Waals surface area contributed by atoms with Gasteiger partial charge < -0.3 is 20.5 Å². The van der Waals surface area contributed by atoms with E-state index in [9.17, 15) is 0 Å². The van der Waals surface area contributed by atoms with Crippen LogP contribution in [0.3, 0.4) is 0 Å². The van der Waals surface area contributed by atoms with E-state index < -0.39 is 0 Å². The van der Waals surface area contributed by atoms with Gasteiger partial charge in [-0.05, 0) is 24.1 Å². The molecule has 0 amide bonds. The van der Waals surface area contributed by atoms with Crippen LogP contribution in [0.2, 0.25) is 0 Å². The molecule has 0 saturated carbocycles. The maximum atomic E-state index is 5.79. The number of methoxy groups -OCH3 is 1. The molecule has 0 aliphatic carbocycles. The molecule has 5 heteroatoms. The van der Waals surface area contributed by atoms with Crippen molar-refractivity contribution in [3.63, 3.8) is 0 Å². The van der Waals surface area contributed by atoms with E-state index in [-0.39, 0.29) is 0 Å². The van der Waals surface area contributed by atoms with Crippen LogP contribution in [-0.4, -0.2) is 32.8 Å². The van der Waals surface area contributed by atoms with Crippen LogP contribution in [0.25, 0.3) is 0 Å². The Kier molecular flexibility index (Phi) is 8.22. The normalized spacial score (nSPS) is 11.4. The zero-order valence-electron chi connectivity index (χ0n) is 12.4. The molecular formula is C15H25N3O2. The van der Waals surface area contributed by atoms with Gasteiger partial charge in [-0.2, -0.15) is 0 Å². The maximum absolute atomic E-state index is 5.79. The second-order valence-corrected chi connectivity index (χ2v) is 4.47. The summed E-state index contributed by atoms with van der Waals surface area (Å²) >= 11 is 0. The molecule has 3 N–H and O–H groups in total. The number of hydrogen-bond donors (Lipinski definition) is 2. The van der Waals surface area contributed by atoms with Crippen molar-refractivity contribution in [2.45, 2.75) is 26.3 Å². The van der Waals surface area contributed by atoms with Crippen molar-refractivity contribution in [1.29, 1.82) is 0 Å². The molecule has 0 aliphatic heterocycles. The topological polar surface area (TPSA) is 68.9 Å². The molecule has 0 atom stereocenters. The van der Waals surface area contributed by atoms with E-state index in [0.29, 0.717) is 25.7 Å². The number of unbranched alkanes of at least 4 members (excludes halogenated alkanes) is 1. The summed E-state index contributed by atoms with van der Waals surface area (Å²) in [7, 11) is 1.66. The van der Waals surface area contributed by atoms with Gasteiger partial charge in [0.25, 0.3) is 0 Å². The molecule has 0 fully saturated rings. The van der Waals surface area contributed by atoms with Crippen molar-refractivity contribution in [1.82, 2.24) is 5.32 Å². The average Bonchev–Trinajstić information content (AvgIpc) is 2.46. The maximum Gasteiger partial charge on any atom is 0.188 e. The lowest BCUT2D eigenvalue weighted by molar-refractivity contribution is 0.146. The lowest BCUT2D eigenvalue weighted by Gasteiger charge is -2.07. The van der Waals surface area contributed by atoms with Gasteiger partial charge in [-0.15, -0.1) is 0 Å². The quantitative estimate of drug-likeness (QED) is 0.411. The third-order valence-electron chi connectivity index (χ3n) is 2.72. The van der Waals surface area contributed by atoms with Crippen LogP contribution < -0.4 is 15.8 Å². The zero-order valence-corrected chi connectivity index (χ0v) is 12.4. The SMILES string of the molecule is CCCCNC(N)=NCc1cccc(OCCOC)c1. The molecule has 0 heterocycles. The minimum Gasteiger partial charge on any atom is -0.491 e. The second-order valence-electron chi connectivity index (χ2n) is 4.47. The molecule has 0 saturated heterocycles. The summed E-state index contributed by atoms with van der Waals surface area (Å²) in [5, 5.41) is 3.09. The Balaban J connectivity index is 2.42. The Morgan fingerprint density at radius 3 is 2.95 bits per heavy atom. The van der Waals surface area contributed by atoms with Crippen LogP contribution in [0, 0.1) is 0 Å². The number of rotatable bonds is 9. The monoisotopic (exact) mass is 279 g/mol. The number of aliphatic imine (C=N–C) groups is 1. The predicted octanol–water partition coefficient (Wildman–Crippen LogP) is 1.92. The molecule has 5 nitrogen and oxygen atoms in total. The third kappa shape index (κ3) is 6.99. The first-order valence-electron chi connectivity index (χ1n) is 7.00. The minimum atomic E-state index is 0.490. The highest BCUT2D eigenvalue weighted by atomic mass is 16.5. The van der Waals surface area contributed by atoms with Gasteiger partial charge in [0.2, 0.25) is 0 Å². The Morgan fingerprint density at radius 2 is 2.20 bits per heavy atom. The van der Waals surface area contributed by atoms with Gasteiger partial charge in [0.05, 0.1) is 13.2 Å². The fraction of sp³-hybridized carbons (Fsp3) is 0.533. The van der Waals surface area contributed by atoms with Crippen LogP contribution >= 0.6 is 0 Å². The van der Waals surface area contributed by atoms with E-state index >= 15 is 0 Å². The Morgan fingerprint density at radius 1 is 1.35 bits per heavy atom. The summed E-state index contributed by atoms with van der Waals surface area (Å²) in [6, 6.07) is 7.85. The number of guanidine groups is 1. The van der Waals surface area contributed by atoms with E-state index in [2.05, 4.69) is 17.2 Å². The van der Waals surface area contributed by atoms with Gasteiger partial charge in [-0.1, -0.05) is 25.5 Å². The number of hydrogen-bond acceptors (Lipinski definition) is 3. The standard InChI is InChI=1S/C15H25N3O2/c1-3-4-8-17-15(16)18-12-13-6-5-7-14(11-13)20-10-9-19-2/h5-7,11H,3-4,8-10,12H2,1-2H3,(H3,16,17,18). The summed E-state index contributed by atoms with van der Waals surface area (Å²) < 4.78 is 10.5. The van der Waals surface area contributed by atoms with Gasteiger partial charge in [0.1, 0.15) is 12.4 Å². The van der Waals surface area contributed by atoms with Crippen LogP contribution in [0.5, 0.6) is 5.75 Å². The number of nitrogens with one attached hydrogen (secondary N) is 1. The predicted molar refractivity (Wildman–Crippen MR) is 82.1 cm³/mol. The molecule has 0 unspecified atom stereocenters. The molecule has 1 aromatic rings. The van der Waals surface area contributed by atoms with Crippen molar-refractivity contribution in [2.75, 3.05) is 26.9 Å². The molecule has 1 rings (SSSR count). The van der Waals surface area contributed by atoms with E-state index in [1.165, 1.54) is 0 Å². The molecule has 0 aromatic heterocycles. The second kappa shape index (κ2) is 10.1. The van der Waals surface area contributed by atoms with Crippen LogP contribution in [-0.2, 0) is 11.3 Å². The highest BCUT2D eigenvalue weighted by molar-refractivity contribution is 5.77. The first-order valence-corrected chi connectivity index (χ1v) is 7.00. The van der Waals surface area contributed by atoms with Gasteiger partial charge >= 0.3 is 0 Å². The summed E-state index contributed by atoms with van der Waals surface area (Å²) in [5.41, 5.74) is 6.86. The lowest BCUT2D eigenvalue weighted by atomic mass is 10.2. The molecule has 20 heavy (non-hydrogen) atoms. The summed E-state index contributed by atoms with van der Waals surface area (Å²) in [4.78, 5) is 4.31. The Hall–Kier alpha value is -1.75. The number of nitrogens with zero attached hydrogens (tertiary/aromatic N) is 1. The Bertz CT molecular complexity index is 408. The number of nitrogens with two attached hydrogens (primary N) is 1. The average molecular weight is 279 g/mol. The zero-order chi connectivity index (χ0) is 14.6. The van der Waals surface area contributed by atoms with Gasteiger partial charge in [0.15, 0.2) is 5.96 Å². The summed E-state index contributed by atoms with van der Waals surface area (Å²) in [5.74, 6) is 1.32. The summed E-state index contributed by atoms with van der Waals surface area (Å²) in [6.45, 7) is 4.68. The highest BCUT2D eigenvalue weighted by Crippen LogP contribution is 2.13. The third-order valence-corrected chi connectivity index (χ3v) is 2.72. The Labute approximate surface area is 121 Å². The molecule has 0 radical (unpaired) electrons. The van der Waals surface area contributed by atoms with E-state index in [0.717, 1.165) is 30.7 Å². The van der Waals surface area contributed by atoms with Crippen molar-refractivity contribution in [2.24, 2.45) is 10.7 Å². The van der Waals surface area contributed by atoms with Gasteiger partial charge in [0, 0.05) is 13.7 Å². The largest absolute Gasteiger partial charge is 0.491 e. The molecular weight excluding hydrogens is 254 g/mol. The lowest BCUT2D eigenvalue weighted by Crippen LogP contribution is -2.32.